The molecule has 3 rings (SSSR count). The highest BCUT2D eigenvalue weighted by atomic mass is 32.2. The number of methoxy groups -OCH3 is 1. The van der Waals surface area contributed by atoms with E-state index in [1.54, 1.807) is 49.6 Å². The van der Waals surface area contributed by atoms with Crippen molar-refractivity contribution in [1.29, 1.82) is 0 Å². The van der Waals surface area contributed by atoms with Crippen LogP contribution in [0.4, 0.5) is 5.69 Å². The van der Waals surface area contributed by atoms with Crippen LogP contribution in [0.2, 0.25) is 0 Å². The fraction of sp³-hybridized carbons (Fsp3) is 0.261. The van der Waals surface area contributed by atoms with Gasteiger partial charge in [-0.05, 0) is 63.0 Å². The molecule has 0 aliphatic carbocycles. The Hall–Kier alpha value is -3.30. The first-order valence-electron chi connectivity index (χ1n) is 9.97. The van der Waals surface area contributed by atoms with Crippen molar-refractivity contribution in [3.05, 3.63) is 77.7 Å². The number of nitrogens with one attached hydrogen (secondary N) is 2. The molecule has 0 saturated carbocycles. The van der Waals surface area contributed by atoms with Crippen LogP contribution in [0.5, 0.6) is 5.75 Å². The number of amides is 1. The summed E-state index contributed by atoms with van der Waals surface area (Å²) in [4.78, 5) is 14.8. The van der Waals surface area contributed by atoms with Gasteiger partial charge in [-0.15, -0.1) is 0 Å². The van der Waals surface area contributed by atoms with Crippen LogP contribution in [0.1, 0.15) is 27.7 Å². The van der Waals surface area contributed by atoms with Gasteiger partial charge in [-0.1, -0.05) is 18.2 Å². The van der Waals surface area contributed by atoms with Crippen molar-refractivity contribution < 1.29 is 22.4 Å². The lowest BCUT2D eigenvalue weighted by molar-refractivity contribution is 0.0938. The van der Waals surface area contributed by atoms with Crippen molar-refractivity contribution in [1.82, 2.24) is 10.2 Å². The maximum Gasteiger partial charge on any atom is 0.262 e. The summed E-state index contributed by atoms with van der Waals surface area (Å²) in [6.07, 6.45) is 1.58. The molecule has 0 fully saturated rings. The molecule has 8 nitrogen and oxygen atoms in total. The molecular formula is C23H27N3O5S. The molecule has 2 N–H and O–H groups in total. The van der Waals surface area contributed by atoms with Crippen molar-refractivity contribution in [3.8, 4) is 5.75 Å². The number of hydrogen-bond acceptors (Lipinski definition) is 6. The van der Waals surface area contributed by atoms with E-state index in [-0.39, 0.29) is 22.4 Å². The van der Waals surface area contributed by atoms with Crippen LogP contribution < -0.4 is 14.8 Å². The minimum atomic E-state index is -3.93. The highest BCUT2D eigenvalue weighted by molar-refractivity contribution is 7.92. The molecule has 9 heteroatoms. The van der Waals surface area contributed by atoms with Crippen molar-refractivity contribution in [2.45, 2.75) is 17.9 Å². The van der Waals surface area contributed by atoms with Gasteiger partial charge in [0.2, 0.25) is 0 Å². The molecule has 1 heterocycles. The number of anilines is 1. The quantitative estimate of drug-likeness (QED) is 0.511. The SMILES string of the molecule is COc1ccccc1NS(=O)(=O)c1ccc(C)c(C(=O)NCC(c2ccco2)N(C)C)c1. The second-order valence-electron chi connectivity index (χ2n) is 7.49. The van der Waals surface area contributed by atoms with Gasteiger partial charge in [-0.2, -0.15) is 0 Å². The Morgan fingerprint density at radius 1 is 1.12 bits per heavy atom. The second kappa shape index (κ2) is 9.88. The molecule has 0 bridgehead atoms. The number of sulfonamides is 1. The zero-order chi connectivity index (χ0) is 23.3. The van der Waals surface area contributed by atoms with E-state index in [1.165, 1.54) is 19.2 Å². The molecule has 2 aromatic carbocycles. The Labute approximate surface area is 188 Å². The lowest BCUT2D eigenvalue weighted by Crippen LogP contribution is -2.34. The van der Waals surface area contributed by atoms with Crippen molar-refractivity contribution >= 4 is 21.6 Å². The van der Waals surface area contributed by atoms with Gasteiger partial charge in [0.15, 0.2) is 0 Å². The number of aryl methyl sites for hydroxylation is 1. The van der Waals surface area contributed by atoms with Crippen molar-refractivity contribution in [2.24, 2.45) is 0 Å². The first-order chi connectivity index (χ1) is 15.2. The van der Waals surface area contributed by atoms with Crippen LogP contribution in [0, 0.1) is 6.92 Å². The average molecular weight is 458 g/mol. The molecule has 1 aromatic heterocycles. The van der Waals surface area contributed by atoms with Crippen LogP contribution in [0.15, 0.2) is 70.2 Å². The van der Waals surface area contributed by atoms with Gasteiger partial charge in [0.1, 0.15) is 11.5 Å². The smallest absolute Gasteiger partial charge is 0.262 e. The van der Waals surface area contributed by atoms with Crippen LogP contribution in [-0.4, -0.2) is 47.0 Å². The third kappa shape index (κ3) is 5.30. The molecule has 3 aromatic rings. The molecule has 0 spiro atoms. The van der Waals surface area contributed by atoms with Gasteiger partial charge in [0, 0.05) is 12.1 Å². The fourth-order valence-electron chi connectivity index (χ4n) is 3.25. The van der Waals surface area contributed by atoms with E-state index in [4.69, 9.17) is 9.15 Å². The summed E-state index contributed by atoms with van der Waals surface area (Å²) >= 11 is 0. The summed E-state index contributed by atoms with van der Waals surface area (Å²) in [5.41, 5.74) is 1.26. The summed E-state index contributed by atoms with van der Waals surface area (Å²) in [7, 11) is 1.31. The number of likely N-dealkylation sites (N-methyl/N-ethyl adjacent to an activating group) is 1. The van der Waals surface area contributed by atoms with Gasteiger partial charge in [-0.3, -0.25) is 14.4 Å². The number of benzene rings is 2. The first kappa shape index (κ1) is 23.4. The minimum absolute atomic E-state index is 0.0191. The third-order valence-electron chi connectivity index (χ3n) is 5.07. The zero-order valence-corrected chi connectivity index (χ0v) is 19.3. The number of furan rings is 1. The van der Waals surface area contributed by atoms with E-state index in [2.05, 4.69) is 10.0 Å². The molecule has 1 unspecified atom stereocenters. The van der Waals surface area contributed by atoms with E-state index in [0.29, 0.717) is 23.5 Å². The normalized spacial score (nSPS) is 12.4. The number of ether oxygens (including phenoxy) is 1. The molecule has 0 radical (unpaired) electrons. The molecule has 1 amide bonds. The van der Waals surface area contributed by atoms with Crippen LogP contribution in [0.25, 0.3) is 0 Å². The number of carbonyl (C=O) groups is 1. The predicted octanol–water partition coefficient (Wildman–Crippen LogP) is 3.43. The Morgan fingerprint density at radius 3 is 2.53 bits per heavy atom. The maximum atomic E-state index is 12.9. The Kier molecular flexibility index (Phi) is 7.22. The monoisotopic (exact) mass is 457 g/mol. The number of carbonyl (C=O) groups excluding carboxylic acids is 1. The van der Waals surface area contributed by atoms with Crippen molar-refractivity contribution in [3.63, 3.8) is 0 Å². The molecule has 0 saturated heterocycles. The van der Waals surface area contributed by atoms with Crippen LogP contribution >= 0.6 is 0 Å². The van der Waals surface area contributed by atoms with E-state index < -0.39 is 10.0 Å². The largest absolute Gasteiger partial charge is 0.495 e. The maximum absolute atomic E-state index is 12.9. The van der Waals surface area contributed by atoms with Gasteiger partial charge in [0.05, 0.1) is 30.0 Å². The molecule has 32 heavy (non-hydrogen) atoms. The summed E-state index contributed by atoms with van der Waals surface area (Å²) in [5.74, 6) is 0.758. The van der Waals surface area contributed by atoms with E-state index >= 15 is 0 Å². The lowest BCUT2D eigenvalue weighted by atomic mass is 10.1. The van der Waals surface area contributed by atoms with Gasteiger partial charge >= 0.3 is 0 Å². The predicted molar refractivity (Wildman–Crippen MR) is 122 cm³/mol. The summed E-state index contributed by atoms with van der Waals surface area (Å²) < 4.78 is 39.1. The summed E-state index contributed by atoms with van der Waals surface area (Å²) in [6, 6.07) is 14.6. The van der Waals surface area contributed by atoms with Crippen LogP contribution in [0.3, 0.4) is 0 Å². The number of rotatable bonds is 9. The zero-order valence-electron chi connectivity index (χ0n) is 18.5. The number of hydrogen-bond donors (Lipinski definition) is 2. The van der Waals surface area contributed by atoms with Crippen LogP contribution in [-0.2, 0) is 10.0 Å². The molecule has 0 aliphatic rings. The Morgan fingerprint density at radius 2 is 1.88 bits per heavy atom. The highest BCUT2D eigenvalue weighted by Gasteiger charge is 2.22. The summed E-state index contributed by atoms with van der Waals surface area (Å²) in [6.45, 7) is 2.06. The van der Waals surface area contributed by atoms with Gasteiger partial charge in [0.25, 0.3) is 15.9 Å². The van der Waals surface area contributed by atoms with E-state index in [1.807, 2.05) is 25.1 Å². The van der Waals surface area contributed by atoms with Gasteiger partial charge < -0.3 is 14.5 Å². The van der Waals surface area contributed by atoms with E-state index in [0.717, 1.165) is 5.76 Å². The molecule has 0 aliphatic heterocycles. The van der Waals surface area contributed by atoms with E-state index in [9.17, 15) is 13.2 Å². The molecule has 170 valence electrons. The number of para-hydroxylation sites is 2. The minimum Gasteiger partial charge on any atom is -0.495 e. The average Bonchev–Trinajstić information content (AvgIpc) is 3.28. The van der Waals surface area contributed by atoms with Gasteiger partial charge in [-0.25, -0.2) is 8.42 Å². The number of nitrogens with zero attached hydrogens (tertiary/aromatic N) is 1. The fourth-order valence-corrected chi connectivity index (χ4v) is 4.34. The Balaban J connectivity index is 1.81. The lowest BCUT2D eigenvalue weighted by Gasteiger charge is -2.22. The third-order valence-corrected chi connectivity index (χ3v) is 6.43. The Bertz CT molecular complexity index is 1170. The molecule has 1 atom stereocenters. The first-order valence-corrected chi connectivity index (χ1v) is 11.5. The molecular weight excluding hydrogens is 430 g/mol. The summed E-state index contributed by atoms with van der Waals surface area (Å²) in [5, 5.41) is 2.88. The second-order valence-corrected chi connectivity index (χ2v) is 9.17. The standard InChI is InChI=1S/C23H27N3O5S/c1-16-11-12-17(32(28,29)25-19-8-5-6-9-21(19)30-4)14-18(16)23(27)24-15-20(26(2)3)22-10-7-13-31-22/h5-14,20,25H,15H2,1-4H3,(H,24,27). The highest BCUT2D eigenvalue weighted by Crippen LogP contribution is 2.27. The van der Waals surface area contributed by atoms with Crippen molar-refractivity contribution in [2.75, 3.05) is 32.5 Å². The topological polar surface area (TPSA) is 101 Å².